The van der Waals surface area contributed by atoms with Crippen LogP contribution in [0.25, 0.3) is 11.0 Å². The maximum absolute atomic E-state index is 5.88. The molecule has 0 saturated heterocycles. The molecule has 5 heteroatoms. The summed E-state index contributed by atoms with van der Waals surface area (Å²) in [6.45, 7) is 4.76. The molecule has 0 fully saturated rings. The van der Waals surface area contributed by atoms with Gasteiger partial charge in [-0.05, 0) is 18.6 Å². The lowest BCUT2D eigenvalue weighted by molar-refractivity contribution is 0.0667. The second-order valence-corrected chi connectivity index (χ2v) is 5.04. The molecule has 1 heterocycles. The number of benzene rings is 1. The maximum Gasteiger partial charge on any atom is 0.111 e. The van der Waals surface area contributed by atoms with Gasteiger partial charge in [-0.15, -0.1) is 11.6 Å². The lowest BCUT2D eigenvalue weighted by Gasteiger charge is -2.09. The Morgan fingerprint density at radius 3 is 2.85 bits per heavy atom. The van der Waals surface area contributed by atoms with Crippen molar-refractivity contribution in [2.75, 3.05) is 32.8 Å². The Morgan fingerprint density at radius 1 is 1.25 bits per heavy atom. The Balaban J connectivity index is 2.16. The fraction of sp³-hybridized carbons (Fsp3) is 0.533. The van der Waals surface area contributed by atoms with Gasteiger partial charge < -0.3 is 14.0 Å². The zero-order chi connectivity index (χ0) is 14.4. The fourth-order valence-corrected chi connectivity index (χ4v) is 2.43. The van der Waals surface area contributed by atoms with Gasteiger partial charge in [0, 0.05) is 26.0 Å². The van der Waals surface area contributed by atoms with E-state index in [1.807, 2.05) is 0 Å². The number of hydrogen-bond acceptors (Lipinski definition) is 3. The minimum Gasteiger partial charge on any atom is -0.382 e. The number of alkyl halides is 1. The number of ether oxygens (including phenoxy) is 2. The predicted molar refractivity (Wildman–Crippen MR) is 81.6 cm³/mol. The van der Waals surface area contributed by atoms with Crippen LogP contribution in [-0.2, 0) is 22.4 Å². The highest BCUT2D eigenvalue weighted by Gasteiger charge is 2.11. The zero-order valence-corrected chi connectivity index (χ0v) is 12.8. The molecule has 0 spiro atoms. The molecule has 2 aromatic rings. The van der Waals surface area contributed by atoms with Gasteiger partial charge in [0.1, 0.15) is 5.82 Å². The number of rotatable bonds is 8. The Morgan fingerprint density at radius 2 is 2.10 bits per heavy atom. The van der Waals surface area contributed by atoms with Crippen LogP contribution >= 0.6 is 11.6 Å². The van der Waals surface area contributed by atoms with Gasteiger partial charge >= 0.3 is 0 Å². The van der Waals surface area contributed by atoms with Gasteiger partial charge in [-0.1, -0.05) is 12.1 Å². The van der Waals surface area contributed by atoms with Crippen molar-refractivity contribution in [3.8, 4) is 0 Å². The van der Waals surface area contributed by atoms with Crippen LogP contribution in [0.4, 0.5) is 0 Å². The summed E-state index contributed by atoms with van der Waals surface area (Å²) in [6, 6.07) is 6.24. The molecule has 0 bridgehead atoms. The largest absolute Gasteiger partial charge is 0.382 e. The number of methoxy groups -OCH3 is 1. The summed E-state index contributed by atoms with van der Waals surface area (Å²) in [4.78, 5) is 4.72. The lowest BCUT2D eigenvalue weighted by Crippen LogP contribution is -2.12. The van der Waals surface area contributed by atoms with E-state index in [4.69, 9.17) is 26.1 Å². The molecule has 0 atom stereocenters. The molecule has 0 radical (unpaired) electrons. The minimum absolute atomic E-state index is 0.576. The van der Waals surface area contributed by atoms with E-state index in [9.17, 15) is 0 Å². The molecular formula is C15H21ClN2O2. The molecule has 0 amide bonds. The Kier molecular flexibility index (Phi) is 5.83. The average molecular weight is 297 g/mol. The molecule has 0 unspecified atom stereocenters. The zero-order valence-electron chi connectivity index (χ0n) is 12.1. The van der Waals surface area contributed by atoms with Crippen LogP contribution in [-0.4, -0.2) is 42.4 Å². The number of hydrogen-bond donors (Lipinski definition) is 0. The normalized spacial score (nSPS) is 11.3. The van der Waals surface area contributed by atoms with Crippen LogP contribution in [0.3, 0.4) is 0 Å². The highest BCUT2D eigenvalue weighted by molar-refractivity contribution is 6.17. The smallest absolute Gasteiger partial charge is 0.111 e. The van der Waals surface area contributed by atoms with E-state index in [2.05, 4.69) is 29.7 Å². The quantitative estimate of drug-likeness (QED) is 0.555. The number of aromatic nitrogens is 2. The summed E-state index contributed by atoms with van der Waals surface area (Å²) in [7, 11) is 1.67. The third-order valence-corrected chi connectivity index (χ3v) is 3.46. The van der Waals surface area contributed by atoms with Crippen LogP contribution in [0, 0.1) is 6.92 Å². The van der Waals surface area contributed by atoms with E-state index in [1.165, 1.54) is 5.56 Å². The second-order valence-electron chi connectivity index (χ2n) is 4.67. The first-order valence-electron chi connectivity index (χ1n) is 6.85. The molecule has 1 aromatic carbocycles. The Labute approximate surface area is 124 Å². The summed E-state index contributed by atoms with van der Waals surface area (Å²) < 4.78 is 12.7. The fourth-order valence-electron chi connectivity index (χ4n) is 2.26. The van der Waals surface area contributed by atoms with Crippen molar-refractivity contribution in [2.24, 2.45) is 0 Å². The predicted octanol–water partition coefficient (Wildman–Crippen LogP) is 2.79. The molecule has 0 aliphatic heterocycles. The first-order chi connectivity index (χ1) is 9.77. The van der Waals surface area contributed by atoms with Crippen molar-refractivity contribution < 1.29 is 9.47 Å². The average Bonchev–Trinajstić information content (AvgIpc) is 2.79. The number of halogens is 1. The van der Waals surface area contributed by atoms with Gasteiger partial charge in [-0.25, -0.2) is 4.98 Å². The molecule has 4 nitrogen and oxygen atoms in total. The van der Waals surface area contributed by atoms with Crippen molar-refractivity contribution in [1.29, 1.82) is 0 Å². The van der Waals surface area contributed by atoms with Gasteiger partial charge in [-0.3, -0.25) is 0 Å². The van der Waals surface area contributed by atoms with E-state index in [0.717, 1.165) is 29.8 Å². The maximum atomic E-state index is 5.88. The molecule has 2 rings (SSSR count). The van der Waals surface area contributed by atoms with E-state index in [-0.39, 0.29) is 0 Å². The lowest BCUT2D eigenvalue weighted by atomic mass is 10.2. The summed E-state index contributed by atoms with van der Waals surface area (Å²) in [5, 5.41) is 0. The molecule has 0 N–H and O–H groups in total. The summed E-state index contributed by atoms with van der Waals surface area (Å²) >= 11 is 5.88. The SMILES string of the molecule is COCCOCCn1c(CCCl)nc2c(C)cccc21. The molecule has 110 valence electrons. The van der Waals surface area contributed by atoms with Crippen LogP contribution in [0.15, 0.2) is 18.2 Å². The van der Waals surface area contributed by atoms with Gasteiger partial charge in [0.2, 0.25) is 0 Å². The summed E-state index contributed by atoms with van der Waals surface area (Å²) in [5.41, 5.74) is 3.40. The van der Waals surface area contributed by atoms with Gasteiger partial charge in [0.25, 0.3) is 0 Å². The minimum atomic E-state index is 0.576. The van der Waals surface area contributed by atoms with Crippen LogP contribution in [0.5, 0.6) is 0 Å². The Hall–Kier alpha value is -1.10. The van der Waals surface area contributed by atoms with E-state index >= 15 is 0 Å². The molecule has 1 aromatic heterocycles. The van der Waals surface area contributed by atoms with Gasteiger partial charge in [0.15, 0.2) is 0 Å². The topological polar surface area (TPSA) is 36.3 Å². The standard InChI is InChI=1S/C15H21ClN2O2/c1-12-4-3-5-13-15(12)17-14(6-7-16)18(13)8-9-20-11-10-19-2/h3-5H,6-11H2,1-2H3. The van der Waals surface area contributed by atoms with Crippen molar-refractivity contribution in [3.05, 3.63) is 29.6 Å². The highest BCUT2D eigenvalue weighted by atomic mass is 35.5. The van der Waals surface area contributed by atoms with Crippen LogP contribution in [0.1, 0.15) is 11.4 Å². The van der Waals surface area contributed by atoms with Crippen molar-refractivity contribution in [1.82, 2.24) is 9.55 Å². The number of para-hydroxylation sites is 1. The number of fused-ring (bicyclic) bond motifs is 1. The van der Waals surface area contributed by atoms with Crippen LogP contribution in [0.2, 0.25) is 0 Å². The first kappa shape index (κ1) is 15.3. The third kappa shape index (κ3) is 3.51. The van der Waals surface area contributed by atoms with E-state index in [0.29, 0.717) is 25.7 Å². The molecule has 0 aliphatic carbocycles. The number of nitrogens with zero attached hydrogens (tertiary/aromatic N) is 2. The third-order valence-electron chi connectivity index (χ3n) is 3.27. The molecule has 20 heavy (non-hydrogen) atoms. The second kappa shape index (κ2) is 7.62. The summed E-state index contributed by atoms with van der Waals surface area (Å²) in [5.74, 6) is 1.60. The van der Waals surface area contributed by atoms with Gasteiger partial charge in [0.05, 0.1) is 30.9 Å². The Bertz CT molecular complexity index is 554. The van der Waals surface area contributed by atoms with Gasteiger partial charge in [-0.2, -0.15) is 0 Å². The highest BCUT2D eigenvalue weighted by Crippen LogP contribution is 2.20. The van der Waals surface area contributed by atoms with Crippen molar-refractivity contribution in [2.45, 2.75) is 19.9 Å². The molecular weight excluding hydrogens is 276 g/mol. The number of aryl methyl sites for hydroxylation is 2. The van der Waals surface area contributed by atoms with E-state index < -0.39 is 0 Å². The van der Waals surface area contributed by atoms with Crippen LogP contribution < -0.4 is 0 Å². The number of imidazole rings is 1. The van der Waals surface area contributed by atoms with Crippen molar-refractivity contribution >= 4 is 22.6 Å². The molecule has 0 aliphatic rings. The summed E-state index contributed by atoms with van der Waals surface area (Å²) in [6.07, 6.45) is 0.772. The monoisotopic (exact) mass is 296 g/mol. The molecule has 0 saturated carbocycles. The van der Waals surface area contributed by atoms with E-state index in [1.54, 1.807) is 7.11 Å². The first-order valence-corrected chi connectivity index (χ1v) is 7.38. The van der Waals surface area contributed by atoms with Crippen molar-refractivity contribution in [3.63, 3.8) is 0 Å².